The molecule has 0 aliphatic carbocycles. The lowest BCUT2D eigenvalue weighted by atomic mass is 10.2. The van der Waals surface area contributed by atoms with Crippen molar-refractivity contribution < 1.29 is 0 Å². The number of rotatable bonds is 3. The average molecular weight is 422 g/mol. The van der Waals surface area contributed by atoms with Crippen molar-refractivity contribution >= 4 is 55.8 Å². The lowest BCUT2D eigenvalue weighted by Gasteiger charge is -2.09. The Balaban J connectivity index is 2.07. The van der Waals surface area contributed by atoms with Crippen molar-refractivity contribution in [2.75, 3.05) is 5.32 Å². The molecule has 0 atom stereocenters. The van der Waals surface area contributed by atoms with Gasteiger partial charge in [0.05, 0.1) is 0 Å². The molecule has 0 aliphatic rings. The van der Waals surface area contributed by atoms with Crippen molar-refractivity contribution in [3.63, 3.8) is 0 Å². The fourth-order valence-corrected chi connectivity index (χ4v) is 2.99. The molecule has 0 unspecified atom stereocenters. The van der Waals surface area contributed by atoms with Gasteiger partial charge in [-0.3, -0.25) is 0 Å². The summed E-state index contributed by atoms with van der Waals surface area (Å²) in [6, 6.07) is 14.1. The Morgan fingerprint density at radius 1 is 1.18 bits per heavy atom. The van der Waals surface area contributed by atoms with E-state index in [1.807, 2.05) is 30.3 Å². The summed E-state index contributed by atoms with van der Waals surface area (Å²) in [5, 5.41) is 4.16. The van der Waals surface area contributed by atoms with Gasteiger partial charge in [0.1, 0.15) is 0 Å². The largest absolute Gasteiger partial charge is 0.380 e. The number of halogens is 3. The van der Waals surface area contributed by atoms with Gasteiger partial charge in [-0.1, -0.05) is 39.7 Å². The smallest absolute Gasteiger partial charge is 0.0479 e. The Bertz CT molecular complexity index is 531. The molecule has 2 rings (SSSR count). The molecule has 17 heavy (non-hydrogen) atoms. The zero-order valence-electron chi connectivity index (χ0n) is 8.88. The molecule has 1 nitrogen and oxygen atoms in total. The van der Waals surface area contributed by atoms with Gasteiger partial charge in [-0.05, 0) is 58.5 Å². The average Bonchev–Trinajstić information content (AvgIpc) is 2.28. The Hall–Kier alpha value is -0.260. The highest BCUT2D eigenvalue weighted by Crippen LogP contribution is 2.23. The normalized spacial score (nSPS) is 10.3. The van der Waals surface area contributed by atoms with E-state index in [1.165, 1.54) is 5.56 Å². The van der Waals surface area contributed by atoms with Crippen molar-refractivity contribution in [2.45, 2.75) is 6.54 Å². The summed E-state index contributed by atoms with van der Waals surface area (Å²) in [5.74, 6) is 0. The maximum Gasteiger partial charge on any atom is 0.0479 e. The minimum Gasteiger partial charge on any atom is -0.380 e. The van der Waals surface area contributed by atoms with Crippen LogP contribution in [0.4, 0.5) is 5.69 Å². The van der Waals surface area contributed by atoms with Gasteiger partial charge in [-0.2, -0.15) is 0 Å². The molecule has 2 aromatic rings. The molecule has 88 valence electrons. The second-order valence-electron chi connectivity index (χ2n) is 3.61. The fourth-order valence-electron chi connectivity index (χ4n) is 1.48. The van der Waals surface area contributed by atoms with Crippen molar-refractivity contribution in [2.24, 2.45) is 0 Å². The summed E-state index contributed by atoms with van der Waals surface area (Å²) < 4.78 is 2.23. The minimum atomic E-state index is 0.766. The van der Waals surface area contributed by atoms with Gasteiger partial charge in [0.2, 0.25) is 0 Å². The molecule has 0 radical (unpaired) electrons. The molecule has 0 saturated carbocycles. The summed E-state index contributed by atoms with van der Waals surface area (Å²) in [4.78, 5) is 0. The molecule has 0 saturated heterocycles. The highest BCUT2D eigenvalue weighted by Gasteiger charge is 2.00. The summed E-state index contributed by atoms with van der Waals surface area (Å²) in [6.07, 6.45) is 0. The van der Waals surface area contributed by atoms with Gasteiger partial charge >= 0.3 is 0 Å². The number of hydrogen-bond acceptors (Lipinski definition) is 1. The van der Waals surface area contributed by atoms with Crippen LogP contribution in [0.15, 0.2) is 46.9 Å². The van der Waals surface area contributed by atoms with E-state index < -0.39 is 0 Å². The van der Waals surface area contributed by atoms with Gasteiger partial charge in [0.15, 0.2) is 0 Å². The van der Waals surface area contributed by atoms with Crippen LogP contribution in [0.2, 0.25) is 5.02 Å². The Kier molecular flexibility index (Phi) is 4.70. The Morgan fingerprint density at radius 2 is 2.00 bits per heavy atom. The van der Waals surface area contributed by atoms with E-state index >= 15 is 0 Å². The number of hydrogen-bond donors (Lipinski definition) is 1. The third-order valence-electron chi connectivity index (χ3n) is 2.30. The standard InChI is InChI=1S/C13H10BrClIN/c14-10-3-1-2-9(6-10)8-17-13-5-4-11(15)7-12(13)16/h1-7,17H,8H2. The molecule has 0 bridgehead atoms. The van der Waals surface area contributed by atoms with E-state index in [-0.39, 0.29) is 0 Å². The second-order valence-corrected chi connectivity index (χ2v) is 6.12. The first kappa shape index (κ1) is 13.2. The van der Waals surface area contributed by atoms with Gasteiger partial charge in [-0.25, -0.2) is 0 Å². The molecule has 0 aliphatic heterocycles. The first-order valence-electron chi connectivity index (χ1n) is 5.08. The number of anilines is 1. The highest BCUT2D eigenvalue weighted by molar-refractivity contribution is 14.1. The second kappa shape index (κ2) is 6.07. The molecular weight excluding hydrogens is 412 g/mol. The van der Waals surface area contributed by atoms with Crippen molar-refractivity contribution in [1.82, 2.24) is 0 Å². The van der Waals surface area contributed by atoms with Gasteiger partial charge in [0.25, 0.3) is 0 Å². The lowest BCUT2D eigenvalue weighted by Crippen LogP contribution is -2.00. The molecule has 1 N–H and O–H groups in total. The van der Waals surface area contributed by atoms with Crippen LogP contribution < -0.4 is 5.32 Å². The van der Waals surface area contributed by atoms with Gasteiger partial charge in [0, 0.05) is 25.3 Å². The van der Waals surface area contributed by atoms with Crippen LogP contribution in [-0.2, 0) is 6.54 Å². The maximum atomic E-state index is 5.92. The molecule has 4 heteroatoms. The number of nitrogens with one attached hydrogen (secondary N) is 1. The van der Waals surface area contributed by atoms with Crippen LogP contribution in [0.25, 0.3) is 0 Å². The van der Waals surface area contributed by atoms with Gasteiger partial charge < -0.3 is 5.32 Å². The molecule has 0 fully saturated rings. The molecule has 0 aromatic heterocycles. The number of benzene rings is 2. The van der Waals surface area contributed by atoms with Crippen LogP contribution in [0.1, 0.15) is 5.56 Å². The van der Waals surface area contributed by atoms with Crippen molar-refractivity contribution in [1.29, 1.82) is 0 Å². The Morgan fingerprint density at radius 3 is 2.71 bits per heavy atom. The molecule has 2 aromatic carbocycles. The van der Waals surface area contributed by atoms with Crippen LogP contribution in [-0.4, -0.2) is 0 Å². The van der Waals surface area contributed by atoms with Crippen LogP contribution in [0, 0.1) is 3.57 Å². The minimum absolute atomic E-state index is 0.766. The van der Waals surface area contributed by atoms with Crippen LogP contribution in [0.3, 0.4) is 0 Å². The van der Waals surface area contributed by atoms with Gasteiger partial charge in [-0.15, -0.1) is 0 Å². The van der Waals surface area contributed by atoms with E-state index in [9.17, 15) is 0 Å². The molecular formula is C13H10BrClIN. The summed E-state index contributed by atoms with van der Waals surface area (Å²) in [7, 11) is 0. The topological polar surface area (TPSA) is 12.0 Å². The zero-order chi connectivity index (χ0) is 12.3. The first-order chi connectivity index (χ1) is 8.15. The van der Waals surface area contributed by atoms with E-state index in [1.54, 1.807) is 0 Å². The third-order valence-corrected chi connectivity index (χ3v) is 3.92. The van der Waals surface area contributed by atoms with E-state index in [0.29, 0.717) is 0 Å². The van der Waals surface area contributed by atoms with Crippen molar-refractivity contribution in [3.8, 4) is 0 Å². The first-order valence-corrected chi connectivity index (χ1v) is 7.33. The van der Waals surface area contributed by atoms with E-state index in [2.05, 4.69) is 56.0 Å². The highest BCUT2D eigenvalue weighted by atomic mass is 127. The van der Waals surface area contributed by atoms with E-state index in [0.717, 1.165) is 25.3 Å². The predicted molar refractivity (Wildman–Crippen MR) is 85.6 cm³/mol. The van der Waals surface area contributed by atoms with Crippen LogP contribution >= 0.6 is 50.1 Å². The van der Waals surface area contributed by atoms with E-state index in [4.69, 9.17) is 11.6 Å². The zero-order valence-corrected chi connectivity index (χ0v) is 13.4. The Labute approximate surface area is 128 Å². The lowest BCUT2D eigenvalue weighted by molar-refractivity contribution is 1.14. The summed E-state index contributed by atoms with van der Waals surface area (Å²) in [6.45, 7) is 0.803. The summed E-state index contributed by atoms with van der Waals surface area (Å²) >= 11 is 11.7. The molecule has 0 heterocycles. The third kappa shape index (κ3) is 3.86. The summed E-state index contributed by atoms with van der Waals surface area (Å²) in [5.41, 5.74) is 2.35. The predicted octanol–water partition coefficient (Wildman–Crippen LogP) is 5.32. The monoisotopic (exact) mass is 421 g/mol. The quantitative estimate of drug-likeness (QED) is 0.661. The molecule has 0 amide bonds. The molecule has 0 spiro atoms. The SMILES string of the molecule is Clc1ccc(NCc2cccc(Br)c2)c(I)c1. The maximum absolute atomic E-state index is 5.92. The van der Waals surface area contributed by atoms with Crippen molar-refractivity contribution in [3.05, 3.63) is 61.1 Å². The fraction of sp³-hybridized carbons (Fsp3) is 0.0769. The van der Waals surface area contributed by atoms with Crippen LogP contribution in [0.5, 0.6) is 0 Å².